The maximum atomic E-state index is 13.6. The van der Waals surface area contributed by atoms with E-state index in [0.717, 1.165) is 0 Å². The molecule has 29 heavy (non-hydrogen) atoms. The number of carbonyl (C=O) groups excluding carboxylic acids is 2. The minimum absolute atomic E-state index is 0.0930. The number of benzene rings is 1. The summed E-state index contributed by atoms with van der Waals surface area (Å²) < 4.78 is 19.4. The van der Waals surface area contributed by atoms with Crippen LogP contribution < -0.4 is 10.6 Å². The van der Waals surface area contributed by atoms with Crippen molar-refractivity contribution in [2.24, 2.45) is 0 Å². The number of ether oxygens (including phenoxy) is 1. The van der Waals surface area contributed by atoms with E-state index in [0.29, 0.717) is 18.4 Å². The third-order valence-electron chi connectivity index (χ3n) is 4.75. The zero-order chi connectivity index (χ0) is 20.6. The number of halogens is 1. The smallest absolute Gasteiger partial charge is 0.271 e. The molecular formula is C20H23FN4O4. The molecule has 2 heterocycles. The van der Waals surface area contributed by atoms with Crippen LogP contribution in [-0.4, -0.2) is 51.7 Å². The van der Waals surface area contributed by atoms with E-state index in [9.17, 15) is 19.1 Å². The fraction of sp³-hybridized carbons (Fsp3) is 0.400. The number of amides is 2. The van der Waals surface area contributed by atoms with E-state index in [1.54, 1.807) is 18.2 Å². The van der Waals surface area contributed by atoms with Crippen molar-refractivity contribution in [3.05, 3.63) is 59.9 Å². The van der Waals surface area contributed by atoms with Gasteiger partial charge in [-0.1, -0.05) is 18.2 Å². The van der Waals surface area contributed by atoms with Gasteiger partial charge in [-0.15, -0.1) is 0 Å². The van der Waals surface area contributed by atoms with Gasteiger partial charge >= 0.3 is 0 Å². The number of hydrogen-bond donors (Lipinski definition) is 3. The number of aromatic nitrogens is 2. The molecule has 9 heteroatoms. The Morgan fingerprint density at radius 3 is 2.79 bits per heavy atom. The zero-order valence-electron chi connectivity index (χ0n) is 15.8. The Labute approximate surface area is 167 Å². The minimum Gasteiger partial charge on any atom is -0.394 e. The lowest BCUT2D eigenvalue weighted by Gasteiger charge is -2.35. The summed E-state index contributed by atoms with van der Waals surface area (Å²) in [7, 11) is 0. The second-order valence-corrected chi connectivity index (χ2v) is 6.80. The highest BCUT2D eigenvalue weighted by molar-refractivity contribution is 5.92. The predicted molar refractivity (Wildman–Crippen MR) is 101 cm³/mol. The Morgan fingerprint density at radius 2 is 2.07 bits per heavy atom. The number of carbonyl (C=O) groups is 2. The van der Waals surface area contributed by atoms with E-state index in [2.05, 4.69) is 20.6 Å². The van der Waals surface area contributed by atoms with Crippen LogP contribution in [0.3, 0.4) is 0 Å². The van der Waals surface area contributed by atoms with Crippen LogP contribution in [0.4, 0.5) is 4.39 Å². The molecule has 2 amide bonds. The molecule has 0 spiro atoms. The van der Waals surface area contributed by atoms with Crippen LogP contribution in [0.1, 0.15) is 35.3 Å². The molecule has 3 N–H and O–H groups in total. The Kier molecular flexibility index (Phi) is 7.20. The number of aliphatic hydroxyl groups excluding tert-OH is 1. The summed E-state index contributed by atoms with van der Waals surface area (Å²) in [6.07, 6.45) is 4.40. The molecule has 154 valence electrons. The maximum Gasteiger partial charge on any atom is 0.271 e. The van der Waals surface area contributed by atoms with E-state index in [-0.39, 0.29) is 37.0 Å². The lowest BCUT2D eigenvalue weighted by Crippen LogP contribution is -2.51. The summed E-state index contributed by atoms with van der Waals surface area (Å²) in [4.78, 5) is 32.2. The number of nitrogens with zero attached hydrogens (tertiary/aromatic N) is 2. The quantitative estimate of drug-likeness (QED) is 0.636. The summed E-state index contributed by atoms with van der Waals surface area (Å²) in [6, 6.07) is 5.85. The third-order valence-corrected chi connectivity index (χ3v) is 4.75. The first-order valence-electron chi connectivity index (χ1n) is 9.40. The monoisotopic (exact) mass is 402 g/mol. The van der Waals surface area contributed by atoms with Gasteiger partial charge in [-0.2, -0.15) is 0 Å². The third kappa shape index (κ3) is 5.78. The molecule has 0 bridgehead atoms. The Bertz CT molecular complexity index is 836. The number of nitrogens with one attached hydrogen (secondary N) is 2. The normalized spacial score (nSPS) is 21.4. The molecule has 1 aliphatic rings. The fourth-order valence-corrected chi connectivity index (χ4v) is 3.22. The van der Waals surface area contributed by atoms with Crippen molar-refractivity contribution in [2.75, 3.05) is 6.61 Å². The molecule has 8 nitrogen and oxygen atoms in total. The maximum absolute atomic E-state index is 13.6. The van der Waals surface area contributed by atoms with E-state index < -0.39 is 24.2 Å². The topological polar surface area (TPSA) is 113 Å². The summed E-state index contributed by atoms with van der Waals surface area (Å²) in [5.41, 5.74) is 0.587. The van der Waals surface area contributed by atoms with Gasteiger partial charge in [0.15, 0.2) is 0 Å². The molecule has 1 aromatic carbocycles. The van der Waals surface area contributed by atoms with Crippen LogP contribution in [-0.2, 0) is 16.1 Å². The van der Waals surface area contributed by atoms with Gasteiger partial charge in [0, 0.05) is 24.5 Å². The van der Waals surface area contributed by atoms with Crippen LogP contribution in [0.2, 0.25) is 0 Å². The fourth-order valence-electron chi connectivity index (χ4n) is 3.22. The van der Waals surface area contributed by atoms with Crippen LogP contribution in [0.25, 0.3) is 0 Å². The molecule has 2 aromatic rings. The molecule has 1 fully saturated rings. The SMILES string of the molecule is O=C(C[C@H]1CC[C@H](NC(=O)c2cnccn2)[C@H](CO)O1)NCc1ccccc1F. The largest absolute Gasteiger partial charge is 0.394 e. The molecule has 3 atom stereocenters. The van der Waals surface area contributed by atoms with Gasteiger partial charge in [-0.25, -0.2) is 9.37 Å². The molecule has 0 radical (unpaired) electrons. The van der Waals surface area contributed by atoms with Gasteiger partial charge in [0.05, 0.1) is 31.4 Å². The molecular weight excluding hydrogens is 379 g/mol. The summed E-state index contributed by atoms with van der Waals surface area (Å²) in [6.45, 7) is -0.197. The molecule has 0 unspecified atom stereocenters. The zero-order valence-corrected chi connectivity index (χ0v) is 15.8. The predicted octanol–water partition coefficient (Wildman–Crippen LogP) is 0.961. The molecule has 1 aliphatic heterocycles. The number of hydrogen-bond acceptors (Lipinski definition) is 6. The summed E-state index contributed by atoms with van der Waals surface area (Å²) in [5, 5.41) is 15.1. The number of rotatable bonds is 7. The van der Waals surface area contributed by atoms with Crippen molar-refractivity contribution >= 4 is 11.8 Å². The van der Waals surface area contributed by atoms with Gasteiger partial charge in [0.1, 0.15) is 17.6 Å². The highest BCUT2D eigenvalue weighted by Crippen LogP contribution is 2.22. The first-order valence-corrected chi connectivity index (χ1v) is 9.40. The van der Waals surface area contributed by atoms with Gasteiger partial charge < -0.3 is 20.5 Å². The molecule has 3 rings (SSSR count). The first kappa shape index (κ1) is 20.8. The lowest BCUT2D eigenvalue weighted by molar-refractivity contribution is -0.131. The average Bonchev–Trinajstić information content (AvgIpc) is 2.74. The van der Waals surface area contributed by atoms with E-state index in [4.69, 9.17) is 4.74 Å². The van der Waals surface area contributed by atoms with Gasteiger partial charge in [-0.3, -0.25) is 14.6 Å². The van der Waals surface area contributed by atoms with Crippen LogP contribution >= 0.6 is 0 Å². The second kappa shape index (κ2) is 10.0. The van der Waals surface area contributed by atoms with Gasteiger partial charge in [0.25, 0.3) is 5.91 Å². The average molecular weight is 402 g/mol. The Hall–Kier alpha value is -2.91. The highest BCUT2D eigenvalue weighted by atomic mass is 19.1. The Balaban J connectivity index is 1.48. The van der Waals surface area contributed by atoms with Crippen molar-refractivity contribution in [1.82, 2.24) is 20.6 Å². The standard InChI is InChI=1S/C20H23FN4O4/c21-15-4-2-1-3-13(15)10-24-19(27)9-14-5-6-16(18(12-26)29-14)25-20(28)17-11-22-7-8-23-17/h1-4,7-8,11,14,16,18,26H,5-6,9-10,12H2,(H,24,27)(H,25,28)/t14-,16+,18+/m1/s1. The Morgan fingerprint density at radius 1 is 1.24 bits per heavy atom. The van der Waals surface area contributed by atoms with E-state index in [1.807, 2.05) is 0 Å². The molecule has 1 saturated heterocycles. The van der Waals surface area contributed by atoms with E-state index >= 15 is 0 Å². The van der Waals surface area contributed by atoms with Crippen LogP contribution in [0, 0.1) is 5.82 Å². The molecule has 0 saturated carbocycles. The van der Waals surface area contributed by atoms with Crippen molar-refractivity contribution < 1.29 is 23.8 Å². The van der Waals surface area contributed by atoms with Crippen LogP contribution in [0.5, 0.6) is 0 Å². The first-order chi connectivity index (χ1) is 14.1. The second-order valence-electron chi connectivity index (χ2n) is 6.80. The summed E-state index contributed by atoms with van der Waals surface area (Å²) in [5.74, 6) is -1.04. The number of aliphatic hydroxyl groups is 1. The molecule has 0 aliphatic carbocycles. The highest BCUT2D eigenvalue weighted by Gasteiger charge is 2.33. The summed E-state index contributed by atoms with van der Waals surface area (Å²) >= 11 is 0. The van der Waals surface area contributed by atoms with Gasteiger partial charge in [0.2, 0.25) is 5.91 Å². The van der Waals surface area contributed by atoms with Gasteiger partial charge in [-0.05, 0) is 18.9 Å². The van der Waals surface area contributed by atoms with Crippen molar-refractivity contribution in [1.29, 1.82) is 0 Å². The lowest BCUT2D eigenvalue weighted by atomic mass is 9.96. The van der Waals surface area contributed by atoms with Crippen molar-refractivity contribution in [3.63, 3.8) is 0 Å². The van der Waals surface area contributed by atoms with Crippen LogP contribution in [0.15, 0.2) is 42.9 Å². The molecule has 1 aromatic heterocycles. The minimum atomic E-state index is -0.631. The van der Waals surface area contributed by atoms with Crippen molar-refractivity contribution in [2.45, 2.75) is 44.1 Å². The van der Waals surface area contributed by atoms with E-state index in [1.165, 1.54) is 24.7 Å². The van der Waals surface area contributed by atoms with Crippen molar-refractivity contribution in [3.8, 4) is 0 Å².